The Morgan fingerprint density at radius 2 is 1.91 bits per heavy atom. The number of hydrogen-bond donors (Lipinski definition) is 1. The number of sulfonamides is 1. The number of aromatic nitrogens is 2. The summed E-state index contributed by atoms with van der Waals surface area (Å²) in [5.41, 5.74) is 6.41. The second-order valence-electron chi connectivity index (χ2n) is 8.51. The van der Waals surface area contributed by atoms with Crippen molar-refractivity contribution < 1.29 is 13.2 Å². The van der Waals surface area contributed by atoms with Crippen molar-refractivity contribution in [3.05, 3.63) is 83.3 Å². The standard InChI is InChI=1S/C25H24N4O3S/c1-33(31,32)28-21-10-11-29(16-21)25(30)23-9-5-8-22(27-23)20-13-19-12-18(14-24(19)26-15-20)17-6-3-2-4-7-17/h2-9,12-13,15,21,28H,10-11,14,16H2,1H3. The van der Waals surface area contributed by atoms with E-state index in [4.69, 9.17) is 0 Å². The number of amides is 1. The van der Waals surface area contributed by atoms with Crippen LogP contribution < -0.4 is 4.72 Å². The predicted molar refractivity (Wildman–Crippen MR) is 128 cm³/mol. The third kappa shape index (κ3) is 4.72. The summed E-state index contributed by atoms with van der Waals surface area (Å²) in [6.07, 6.45) is 6.48. The first kappa shape index (κ1) is 21.5. The minimum atomic E-state index is -3.31. The van der Waals surface area contributed by atoms with Crippen LogP contribution in [0.25, 0.3) is 22.9 Å². The molecule has 7 nitrogen and oxygen atoms in total. The molecule has 168 valence electrons. The molecular weight excluding hydrogens is 436 g/mol. The summed E-state index contributed by atoms with van der Waals surface area (Å²) in [5.74, 6) is -0.199. The lowest BCUT2D eigenvalue weighted by Crippen LogP contribution is -2.38. The highest BCUT2D eigenvalue weighted by Gasteiger charge is 2.29. The van der Waals surface area contributed by atoms with Crippen molar-refractivity contribution in [2.45, 2.75) is 18.9 Å². The number of allylic oxidation sites excluding steroid dienone is 1. The van der Waals surface area contributed by atoms with Crippen LogP contribution in [0.3, 0.4) is 0 Å². The topological polar surface area (TPSA) is 92.3 Å². The van der Waals surface area contributed by atoms with E-state index in [-0.39, 0.29) is 11.9 Å². The van der Waals surface area contributed by atoms with E-state index in [1.165, 1.54) is 11.1 Å². The van der Waals surface area contributed by atoms with E-state index in [0.717, 1.165) is 29.5 Å². The Labute approximate surface area is 193 Å². The normalized spacial score (nSPS) is 17.7. The van der Waals surface area contributed by atoms with Crippen LogP contribution >= 0.6 is 0 Å². The van der Waals surface area contributed by atoms with Crippen molar-refractivity contribution in [2.24, 2.45) is 0 Å². The van der Waals surface area contributed by atoms with Gasteiger partial charge in [-0.3, -0.25) is 9.78 Å². The number of nitrogens with one attached hydrogen (secondary N) is 1. The molecule has 2 aliphatic rings. The molecule has 1 fully saturated rings. The summed E-state index contributed by atoms with van der Waals surface area (Å²) in [7, 11) is -3.31. The van der Waals surface area contributed by atoms with E-state index in [2.05, 4.69) is 39.0 Å². The molecule has 2 aromatic heterocycles. The Morgan fingerprint density at radius 3 is 2.70 bits per heavy atom. The molecule has 3 aromatic rings. The molecular formula is C25H24N4O3S. The van der Waals surface area contributed by atoms with Gasteiger partial charge in [-0.2, -0.15) is 0 Å². The van der Waals surface area contributed by atoms with E-state index < -0.39 is 10.0 Å². The lowest BCUT2D eigenvalue weighted by molar-refractivity contribution is 0.0784. The van der Waals surface area contributed by atoms with Crippen LogP contribution in [0.15, 0.2) is 60.8 Å². The number of rotatable bonds is 5. The van der Waals surface area contributed by atoms with Crippen molar-refractivity contribution in [3.8, 4) is 11.3 Å². The Morgan fingerprint density at radius 1 is 1.09 bits per heavy atom. The van der Waals surface area contributed by atoms with E-state index in [1.807, 2.05) is 30.3 Å². The monoisotopic (exact) mass is 460 g/mol. The Hall–Kier alpha value is -3.36. The number of carbonyl (C=O) groups excluding carboxylic acids is 1. The third-order valence-corrected chi connectivity index (χ3v) is 6.72. The number of fused-ring (bicyclic) bond motifs is 1. The first-order chi connectivity index (χ1) is 15.9. The molecule has 0 radical (unpaired) electrons. The zero-order valence-corrected chi connectivity index (χ0v) is 19.0. The van der Waals surface area contributed by atoms with Gasteiger partial charge in [-0.15, -0.1) is 0 Å². The fourth-order valence-electron chi connectivity index (χ4n) is 4.40. The molecule has 8 heteroatoms. The summed E-state index contributed by atoms with van der Waals surface area (Å²) in [4.78, 5) is 23.9. The Bertz CT molecular complexity index is 1350. The van der Waals surface area contributed by atoms with Crippen LogP contribution in [-0.4, -0.2) is 54.6 Å². The van der Waals surface area contributed by atoms with Crippen molar-refractivity contribution >= 4 is 27.6 Å². The average molecular weight is 461 g/mol. The highest BCUT2D eigenvalue weighted by Crippen LogP contribution is 2.32. The molecule has 0 bridgehead atoms. The molecule has 1 amide bonds. The first-order valence-electron chi connectivity index (χ1n) is 10.8. The third-order valence-electron chi connectivity index (χ3n) is 5.96. The maximum atomic E-state index is 13.0. The van der Waals surface area contributed by atoms with Gasteiger partial charge in [0.15, 0.2) is 0 Å². The number of likely N-dealkylation sites (tertiary alicyclic amines) is 1. The zero-order chi connectivity index (χ0) is 23.0. The zero-order valence-electron chi connectivity index (χ0n) is 18.2. The number of nitrogens with zero attached hydrogens (tertiary/aromatic N) is 3. The highest BCUT2D eigenvalue weighted by atomic mass is 32.2. The van der Waals surface area contributed by atoms with Gasteiger partial charge in [-0.25, -0.2) is 18.1 Å². The Kier molecular flexibility index (Phi) is 5.55. The van der Waals surface area contributed by atoms with E-state index in [1.54, 1.807) is 17.2 Å². The maximum Gasteiger partial charge on any atom is 0.272 e. The molecule has 3 heterocycles. The molecule has 1 saturated heterocycles. The van der Waals surface area contributed by atoms with Gasteiger partial charge in [-0.1, -0.05) is 36.4 Å². The van der Waals surface area contributed by atoms with Crippen LogP contribution in [0.5, 0.6) is 0 Å². The van der Waals surface area contributed by atoms with Gasteiger partial charge >= 0.3 is 0 Å². The lowest BCUT2D eigenvalue weighted by Gasteiger charge is -2.16. The van der Waals surface area contributed by atoms with Crippen LogP contribution in [0.1, 0.15) is 33.7 Å². The van der Waals surface area contributed by atoms with E-state index in [0.29, 0.717) is 30.9 Å². The summed E-state index contributed by atoms with van der Waals surface area (Å²) in [6, 6.07) is 17.5. The summed E-state index contributed by atoms with van der Waals surface area (Å²) in [6.45, 7) is 0.830. The summed E-state index contributed by atoms with van der Waals surface area (Å²) < 4.78 is 25.5. The maximum absolute atomic E-state index is 13.0. The van der Waals surface area contributed by atoms with Gasteiger partial charge in [0.25, 0.3) is 5.91 Å². The van der Waals surface area contributed by atoms with Gasteiger partial charge in [0.05, 0.1) is 17.6 Å². The fourth-order valence-corrected chi connectivity index (χ4v) is 5.20. The second kappa shape index (κ2) is 8.53. The fraction of sp³-hybridized carbons (Fsp3) is 0.240. The molecule has 1 aromatic carbocycles. The first-order valence-corrected chi connectivity index (χ1v) is 12.7. The predicted octanol–water partition coefficient (Wildman–Crippen LogP) is 3.00. The van der Waals surface area contributed by atoms with E-state index >= 15 is 0 Å². The number of benzene rings is 1. The molecule has 5 rings (SSSR count). The van der Waals surface area contributed by atoms with Crippen molar-refractivity contribution in [2.75, 3.05) is 19.3 Å². The molecule has 0 saturated carbocycles. The molecule has 1 aliphatic heterocycles. The number of carbonyl (C=O) groups is 1. The average Bonchev–Trinajstić information content (AvgIpc) is 3.44. The second-order valence-corrected chi connectivity index (χ2v) is 10.3. The molecule has 1 unspecified atom stereocenters. The largest absolute Gasteiger partial charge is 0.336 e. The lowest BCUT2D eigenvalue weighted by atomic mass is 10.1. The molecule has 33 heavy (non-hydrogen) atoms. The van der Waals surface area contributed by atoms with Crippen molar-refractivity contribution in [3.63, 3.8) is 0 Å². The van der Waals surface area contributed by atoms with Crippen LogP contribution in [-0.2, 0) is 16.4 Å². The highest BCUT2D eigenvalue weighted by molar-refractivity contribution is 7.88. The van der Waals surface area contributed by atoms with Gasteiger partial charge in [0, 0.05) is 37.3 Å². The number of hydrogen-bond acceptors (Lipinski definition) is 5. The molecule has 1 atom stereocenters. The summed E-state index contributed by atoms with van der Waals surface area (Å²) >= 11 is 0. The quantitative estimate of drug-likeness (QED) is 0.632. The van der Waals surface area contributed by atoms with E-state index in [9.17, 15) is 13.2 Å². The minimum absolute atomic E-state index is 0.199. The van der Waals surface area contributed by atoms with Gasteiger partial charge in [-0.05, 0) is 47.4 Å². The van der Waals surface area contributed by atoms with Crippen LogP contribution in [0.4, 0.5) is 0 Å². The van der Waals surface area contributed by atoms with Crippen molar-refractivity contribution in [1.82, 2.24) is 19.6 Å². The van der Waals surface area contributed by atoms with Crippen LogP contribution in [0.2, 0.25) is 0 Å². The minimum Gasteiger partial charge on any atom is -0.336 e. The smallest absolute Gasteiger partial charge is 0.272 e. The molecule has 1 aliphatic carbocycles. The van der Waals surface area contributed by atoms with Gasteiger partial charge < -0.3 is 4.90 Å². The number of pyridine rings is 2. The SMILES string of the molecule is CS(=O)(=O)NC1CCN(C(=O)c2cccc(-c3cnc4c(c3)C=C(c3ccccc3)C4)n2)C1. The molecule has 0 spiro atoms. The Balaban J connectivity index is 1.35. The van der Waals surface area contributed by atoms with Gasteiger partial charge in [0.2, 0.25) is 10.0 Å². The van der Waals surface area contributed by atoms with Crippen molar-refractivity contribution in [1.29, 1.82) is 0 Å². The van der Waals surface area contributed by atoms with Gasteiger partial charge in [0.1, 0.15) is 5.69 Å². The summed E-state index contributed by atoms with van der Waals surface area (Å²) in [5, 5.41) is 0. The van der Waals surface area contributed by atoms with Crippen LogP contribution in [0, 0.1) is 0 Å². The molecule has 1 N–H and O–H groups in total.